The molecule has 0 aromatic carbocycles. The zero-order valence-corrected chi connectivity index (χ0v) is 9.42. The summed E-state index contributed by atoms with van der Waals surface area (Å²) < 4.78 is 0. The molecule has 80 valence electrons. The Balaban J connectivity index is 0.000000671. The molecule has 13 heavy (non-hydrogen) atoms. The van der Waals surface area contributed by atoms with Crippen LogP contribution < -0.4 is 5.73 Å². The summed E-state index contributed by atoms with van der Waals surface area (Å²) in [7, 11) is 2.18. The van der Waals surface area contributed by atoms with Gasteiger partial charge in [-0.25, -0.2) is 0 Å². The second-order valence-corrected chi connectivity index (χ2v) is 3.29. The molecular formula is C10H25N3. The summed E-state index contributed by atoms with van der Waals surface area (Å²) in [5.41, 5.74) is 5.44. The van der Waals surface area contributed by atoms with Crippen LogP contribution in [0.15, 0.2) is 0 Å². The van der Waals surface area contributed by atoms with E-state index >= 15 is 0 Å². The van der Waals surface area contributed by atoms with E-state index < -0.39 is 0 Å². The Morgan fingerprint density at radius 1 is 1.08 bits per heavy atom. The normalized spacial score (nSPS) is 19.4. The fourth-order valence-electron chi connectivity index (χ4n) is 1.39. The summed E-state index contributed by atoms with van der Waals surface area (Å²) in [6, 6.07) is 0. The van der Waals surface area contributed by atoms with Crippen molar-refractivity contribution in [1.82, 2.24) is 9.80 Å². The minimum Gasteiger partial charge on any atom is -0.330 e. The molecule has 0 bridgehead atoms. The second-order valence-electron chi connectivity index (χ2n) is 3.29. The van der Waals surface area contributed by atoms with Crippen LogP contribution >= 0.6 is 0 Å². The Morgan fingerprint density at radius 2 is 1.62 bits per heavy atom. The number of hydrogen-bond donors (Lipinski definition) is 1. The van der Waals surface area contributed by atoms with E-state index in [4.69, 9.17) is 5.73 Å². The average Bonchev–Trinajstić information content (AvgIpc) is 2.20. The fourth-order valence-corrected chi connectivity index (χ4v) is 1.39. The molecule has 3 heteroatoms. The van der Waals surface area contributed by atoms with Crippen molar-refractivity contribution in [2.24, 2.45) is 5.73 Å². The Labute approximate surface area is 82.9 Å². The molecule has 0 atom stereocenters. The summed E-state index contributed by atoms with van der Waals surface area (Å²) >= 11 is 0. The van der Waals surface area contributed by atoms with E-state index in [0.717, 1.165) is 13.0 Å². The van der Waals surface area contributed by atoms with Crippen LogP contribution in [0, 0.1) is 0 Å². The first-order valence-corrected chi connectivity index (χ1v) is 5.44. The topological polar surface area (TPSA) is 32.5 Å². The SMILES string of the molecule is CC.CN1CCN(CCCN)CC1. The van der Waals surface area contributed by atoms with Crippen LogP contribution in [0.25, 0.3) is 0 Å². The second kappa shape index (κ2) is 8.48. The predicted octanol–water partition coefficient (Wildman–Crippen LogP) is 0.609. The van der Waals surface area contributed by atoms with Gasteiger partial charge in [0.25, 0.3) is 0 Å². The lowest BCUT2D eigenvalue weighted by molar-refractivity contribution is 0.153. The van der Waals surface area contributed by atoms with Crippen LogP contribution in [-0.4, -0.2) is 56.1 Å². The summed E-state index contributed by atoms with van der Waals surface area (Å²) in [6.45, 7) is 10.9. The Bertz CT molecular complexity index is 95.6. The van der Waals surface area contributed by atoms with Gasteiger partial charge in [0.2, 0.25) is 0 Å². The number of nitrogens with zero attached hydrogens (tertiary/aromatic N) is 2. The van der Waals surface area contributed by atoms with Crippen molar-refractivity contribution in [2.75, 3.05) is 46.3 Å². The molecule has 0 amide bonds. The lowest BCUT2D eigenvalue weighted by Crippen LogP contribution is -2.44. The van der Waals surface area contributed by atoms with Crippen molar-refractivity contribution in [3.05, 3.63) is 0 Å². The molecule has 2 N–H and O–H groups in total. The largest absolute Gasteiger partial charge is 0.330 e. The maximum atomic E-state index is 5.44. The fraction of sp³-hybridized carbons (Fsp3) is 1.00. The van der Waals surface area contributed by atoms with E-state index in [1.165, 1.54) is 32.7 Å². The van der Waals surface area contributed by atoms with Gasteiger partial charge in [-0.1, -0.05) is 13.8 Å². The van der Waals surface area contributed by atoms with Gasteiger partial charge in [0.1, 0.15) is 0 Å². The maximum absolute atomic E-state index is 5.44. The van der Waals surface area contributed by atoms with Crippen molar-refractivity contribution < 1.29 is 0 Å². The van der Waals surface area contributed by atoms with Gasteiger partial charge in [-0.05, 0) is 26.6 Å². The third kappa shape index (κ3) is 6.02. The maximum Gasteiger partial charge on any atom is 0.0110 e. The van der Waals surface area contributed by atoms with E-state index in [-0.39, 0.29) is 0 Å². The van der Waals surface area contributed by atoms with Gasteiger partial charge in [0, 0.05) is 26.2 Å². The zero-order chi connectivity index (χ0) is 10.1. The van der Waals surface area contributed by atoms with E-state index in [2.05, 4.69) is 16.8 Å². The monoisotopic (exact) mass is 187 g/mol. The number of likely N-dealkylation sites (N-methyl/N-ethyl adjacent to an activating group) is 1. The first-order chi connectivity index (χ1) is 6.33. The molecule has 0 saturated carbocycles. The number of hydrogen-bond acceptors (Lipinski definition) is 3. The smallest absolute Gasteiger partial charge is 0.0110 e. The van der Waals surface area contributed by atoms with Crippen molar-refractivity contribution in [2.45, 2.75) is 20.3 Å². The Morgan fingerprint density at radius 3 is 2.08 bits per heavy atom. The first-order valence-electron chi connectivity index (χ1n) is 5.44. The standard InChI is InChI=1S/C8H19N3.C2H6/c1-10-5-7-11(8-6-10)4-2-3-9;1-2/h2-9H2,1H3;1-2H3. The van der Waals surface area contributed by atoms with Crippen LogP contribution in [0.4, 0.5) is 0 Å². The van der Waals surface area contributed by atoms with Crippen molar-refractivity contribution in [1.29, 1.82) is 0 Å². The predicted molar refractivity (Wildman–Crippen MR) is 59.0 cm³/mol. The minimum absolute atomic E-state index is 0.826. The average molecular weight is 187 g/mol. The molecule has 0 unspecified atom stereocenters. The molecule has 1 heterocycles. The van der Waals surface area contributed by atoms with Gasteiger partial charge in [-0.3, -0.25) is 0 Å². The molecule has 0 aliphatic carbocycles. The Hall–Kier alpha value is -0.120. The van der Waals surface area contributed by atoms with E-state index in [1.807, 2.05) is 13.8 Å². The molecule has 0 aromatic heterocycles. The summed E-state index contributed by atoms with van der Waals surface area (Å²) in [4.78, 5) is 4.87. The van der Waals surface area contributed by atoms with E-state index in [9.17, 15) is 0 Å². The van der Waals surface area contributed by atoms with Gasteiger partial charge in [0.15, 0.2) is 0 Å². The van der Waals surface area contributed by atoms with E-state index in [0.29, 0.717) is 0 Å². The van der Waals surface area contributed by atoms with Crippen molar-refractivity contribution >= 4 is 0 Å². The highest BCUT2D eigenvalue weighted by atomic mass is 15.2. The van der Waals surface area contributed by atoms with Crippen LogP contribution in [0.3, 0.4) is 0 Å². The molecule has 1 fully saturated rings. The lowest BCUT2D eigenvalue weighted by atomic mass is 10.3. The van der Waals surface area contributed by atoms with Crippen LogP contribution in [0.5, 0.6) is 0 Å². The van der Waals surface area contributed by atoms with Gasteiger partial charge < -0.3 is 15.5 Å². The molecule has 0 aromatic rings. The highest BCUT2D eigenvalue weighted by Gasteiger charge is 2.11. The van der Waals surface area contributed by atoms with Gasteiger partial charge in [0.05, 0.1) is 0 Å². The third-order valence-electron chi connectivity index (χ3n) is 2.27. The van der Waals surface area contributed by atoms with Gasteiger partial charge in [-0.2, -0.15) is 0 Å². The molecule has 3 nitrogen and oxygen atoms in total. The van der Waals surface area contributed by atoms with Crippen molar-refractivity contribution in [3.63, 3.8) is 0 Å². The molecule has 1 aliphatic rings. The minimum atomic E-state index is 0.826. The molecule has 0 spiro atoms. The van der Waals surface area contributed by atoms with Crippen LogP contribution in [0.1, 0.15) is 20.3 Å². The lowest BCUT2D eigenvalue weighted by Gasteiger charge is -2.32. The number of rotatable bonds is 3. The highest BCUT2D eigenvalue weighted by Crippen LogP contribution is 1.98. The summed E-state index contributed by atoms with van der Waals surface area (Å²) in [5.74, 6) is 0. The summed E-state index contributed by atoms with van der Waals surface area (Å²) in [6.07, 6.45) is 1.14. The molecule has 1 aliphatic heterocycles. The molecule has 0 radical (unpaired) electrons. The third-order valence-corrected chi connectivity index (χ3v) is 2.27. The number of nitrogens with two attached hydrogens (primary N) is 1. The van der Waals surface area contributed by atoms with Crippen LogP contribution in [-0.2, 0) is 0 Å². The Kier molecular flexibility index (Phi) is 8.40. The van der Waals surface area contributed by atoms with E-state index in [1.54, 1.807) is 0 Å². The zero-order valence-electron chi connectivity index (χ0n) is 9.42. The number of piperazine rings is 1. The van der Waals surface area contributed by atoms with Gasteiger partial charge >= 0.3 is 0 Å². The molecule has 1 saturated heterocycles. The quantitative estimate of drug-likeness (QED) is 0.702. The summed E-state index contributed by atoms with van der Waals surface area (Å²) in [5, 5.41) is 0. The van der Waals surface area contributed by atoms with Crippen LogP contribution in [0.2, 0.25) is 0 Å². The van der Waals surface area contributed by atoms with Crippen molar-refractivity contribution in [3.8, 4) is 0 Å². The highest BCUT2D eigenvalue weighted by molar-refractivity contribution is 4.68. The first kappa shape index (κ1) is 12.9. The molecular weight excluding hydrogens is 162 g/mol. The van der Waals surface area contributed by atoms with Gasteiger partial charge in [-0.15, -0.1) is 0 Å². The molecule has 1 rings (SSSR count).